The van der Waals surface area contributed by atoms with Crippen LogP contribution in [-0.2, 0) is 6.42 Å². The fraction of sp³-hybridized carbons (Fsp3) is 0.278. The zero-order chi connectivity index (χ0) is 14.7. The number of H-pyrrole nitrogens is 1. The Bertz CT molecular complexity index is 889. The molecule has 22 heavy (non-hydrogen) atoms. The average Bonchev–Trinajstić information content (AvgIpc) is 3.23. The van der Waals surface area contributed by atoms with Crippen LogP contribution in [0, 0.1) is 12.8 Å². The molecule has 0 unspecified atom stereocenters. The summed E-state index contributed by atoms with van der Waals surface area (Å²) in [7, 11) is 0. The molecule has 2 aliphatic rings. The van der Waals surface area contributed by atoms with E-state index in [1.807, 2.05) is 12.1 Å². The summed E-state index contributed by atoms with van der Waals surface area (Å²) in [5.74, 6) is 1.35. The standard InChI is InChI=1S/C18H17N3O/c1-10-4-7-14-13(9-10)11-5-6-12-16(15-3-2-8-22-15)20-21-18(12)17(11)19-14/h2-4,7-9,12,16,19-20H,5-6H2,1H3/t12-,16-/m1/s1. The topological polar surface area (TPSA) is 53.3 Å². The van der Waals surface area contributed by atoms with Crippen LogP contribution in [0.1, 0.15) is 35.0 Å². The van der Waals surface area contributed by atoms with Crippen molar-refractivity contribution in [3.63, 3.8) is 0 Å². The van der Waals surface area contributed by atoms with Gasteiger partial charge in [0.15, 0.2) is 0 Å². The number of nitrogens with one attached hydrogen (secondary N) is 2. The first-order valence-corrected chi connectivity index (χ1v) is 7.79. The molecule has 3 aromatic rings. The lowest BCUT2D eigenvalue weighted by Gasteiger charge is -2.23. The van der Waals surface area contributed by atoms with Gasteiger partial charge in [0, 0.05) is 16.8 Å². The van der Waals surface area contributed by atoms with Gasteiger partial charge in [0.25, 0.3) is 0 Å². The maximum absolute atomic E-state index is 5.58. The van der Waals surface area contributed by atoms with Gasteiger partial charge in [-0.1, -0.05) is 11.6 Å². The minimum Gasteiger partial charge on any atom is -0.467 e. The molecule has 0 bridgehead atoms. The molecular weight excluding hydrogens is 274 g/mol. The summed E-state index contributed by atoms with van der Waals surface area (Å²) in [6.45, 7) is 2.14. The van der Waals surface area contributed by atoms with Gasteiger partial charge in [0.1, 0.15) is 11.8 Å². The average molecular weight is 291 g/mol. The Labute approximate surface area is 128 Å². The van der Waals surface area contributed by atoms with Gasteiger partial charge in [-0.25, -0.2) is 0 Å². The highest BCUT2D eigenvalue weighted by Crippen LogP contribution is 2.40. The highest BCUT2D eigenvalue weighted by atomic mass is 16.3. The van der Waals surface area contributed by atoms with E-state index in [1.165, 1.54) is 27.7 Å². The van der Waals surface area contributed by atoms with Crippen molar-refractivity contribution in [3.8, 4) is 0 Å². The molecule has 0 radical (unpaired) electrons. The van der Waals surface area contributed by atoms with Gasteiger partial charge in [-0.3, -0.25) is 5.43 Å². The van der Waals surface area contributed by atoms with Gasteiger partial charge in [-0.05, 0) is 49.6 Å². The van der Waals surface area contributed by atoms with E-state index in [2.05, 4.69) is 40.6 Å². The number of hydrogen-bond donors (Lipinski definition) is 2. The number of nitrogens with zero attached hydrogens (tertiary/aromatic N) is 1. The second kappa shape index (κ2) is 4.26. The Kier molecular flexibility index (Phi) is 2.34. The fourth-order valence-corrected chi connectivity index (χ4v) is 3.88. The summed E-state index contributed by atoms with van der Waals surface area (Å²) in [6.07, 6.45) is 3.92. The Morgan fingerprint density at radius 1 is 1.27 bits per heavy atom. The first-order chi connectivity index (χ1) is 10.8. The Morgan fingerprint density at radius 3 is 3.09 bits per heavy atom. The van der Waals surface area contributed by atoms with Crippen molar-refractivity contribution in [2.45, 2.75) is 25.8 Å². The van der Waals surface area contributed by atoms with E-state index in [9.17, 15) is 0 Å². The van der Waals surface area contributed by atoms with E-state index in [1.54, 1.807) is 6.26 Å². The van der Waals surface area contributed by atoms with Crippen LogP contribution in [0.25, 0.3) is 10.9 Å². The Morgan fingerprint density at radius 2 is 2.23 bits per heavy atom. The third-order valence-corrected chi connectivity index (χ3v) is 4.95. The molecule has 2 N–H and O–H groups in total. The van der Waals surface area contributed by atoms with Crippen LogP contribution in [0.4, 0.5) is 0 Å². The summed E-state index contributed by atoms with van der Waals surface area (Å²) < 4.78 is 5.58. The summed E-state index contributed by atoms with van der Waals surface area (Å²) >= 11 is 0. The SMILES string of the molecule is Cc1ccc2[nH]c3c(c2c1)CC[C@H]1C3=NN[C@H]1c1ccco1. The van der Waals surface area contributed by atoms with Crippen LogP contribution in [0.5, 0.6) is 0 Å². The predicted octanol–water partition coefficient (Wildman–Crippen LogP) is 3.68. The molecule has 0 amide bonds. The smallest absolute Gasteiger partial charge is 0.128 e. The quantitative estimate of drug-likeness (QED) is 0.718. The van der Waals surface area contributed by atoms with E-state index in [0.717, 1.165) is 24.3 Å². The largest absolute Gasteiger partial charge is 0.467 e. The van der Waals surface area contributed by atoms with E-state index in [4.69, 9.17) is 4.42 Å². The monoisotopic (exact) mass is 291 g/mol. The molecule has 2 atom stereocenters. The molecule has 4 heteroatoms. The third kappa shape index (κ3) is 1.55. The summed E-state index contributed by atoms with van der Waals surface area (Å²) in [5.41, 5.74) is 9.55. The lowest BCUT2D eigenvalue weighted by molar-refractivity contribution is 0.377. The molecule has 0 saturated carbocycles. The zero-order valence-corrected chi connectivity index (χ0v) is 12.4. The number of aryl methyl sites for hydroxylation is 2. The lowest BCUT2D eigenvalue weighted by atomic mass is 9.81. The van der Waals surface area contributed by atoms with E-state index < -0.39 is 0 Å². The molecule has 1 aromatic carbocycles. The number of hydrogen-bond acceptors (Lipinski definition) is 3. The highest BCUT2D eigenvalue weighted by Gasteiger charge is 2.39. The lowest BCUT2D eigenvalue weighted by Crippen LogP contribution is -2.26. The maximum atomic E-state index is 5.58. The fourth-order valence-electron chi connectivity index (χ4n) is 3.88. The second-order valence-electron chi connectivity index (χ2n) is 6.29. The van der Waals surface area contributed by atoms with Crippen molar-refractivity contribution in [2.75, 3.05) is 0 Å². The minimum atomic E-state index is 0.159. The van der Waals surface area contributed by atoms with Crippen molar-refractivity contribution >= 4 is 16.6 Å². The first-order valence-electron chi connectivity index (χ1n) is 7.79. The first kappa shape index (κ1) is 12.1. The number of furan rings is 1. The summed E-state index contributed by atoms with van der Waals surface area (Å²) in [6, 6.07) is 10.7. The van der Waals surface area contributed by atoms with Crippen LogP contribution in [-0.4, -0.2) is 10.7 Å². The zero-order valence-electron chi connectivity index (χ0n) is 12.4. The molecule has 1 aliphatic carbocycles. The van der Waals surface area contributed by atoms with Crippen molar-refractivity contribution in [1.82, 2.24) is 10.4 Å². The maximum Gasteiger partial charge on any atom is 0.128 e. The number of aromatic amines is 1. The summed E-state index contributed by atoms with van der Waals surface area (Å²) in [4.78, 5) is 3.58. The molecular formula is C18H17N3O. The van der Waals surface area contributed by atoms with Crippen molar-refractivity contribution in [2.24, 2.45) is 11.0 Å². The molecule has 1 aliphatic heterocycles. The third-order valence-electron chi connectivity index (χ3n) is 4.95. The highest BCUT2D eigenvalue weighted by molar-refractivity contribution is 6.08. The second-order valence-corrected chi connectivity index (χ2v) is 6.29. The van der Waals surface area contributed by atoms with E-state index in [0.29, 0.717) is 5.92 Å². The number of rotatable bonds is 1. The van der Waals surface area contributed by atoms with Crippen molar-refractivity contribution in [3.05, 3.63) is 59.2 Å². The molecule has 0 fully saturated rings. The van der Waals surface area contributed by atoms with Crippen LogP contribution >= 0.6 is 0 Å². The van der Waals surface area contributed by atoms with Crippen molar-refractivity contribution in [1.29, 1.82) is 0 Å². The molecule has 110 valence electrons. The number of fused-ring (bicyclic) bond motifs is 5. The Balaban J connectivity index is 1.62. The summed E-state index contributed by atoms with van der Waals surface area (Å²) in [5, 5.41) is 5.97. The van der Waals surface area contributed by atoms with Gasteiger partial charge >= 0.3 is 0 Å². The minimum absolute atomic E-state index is 0.159. The molecule has 2 aromatic heterocycles. The van der Waals surface area contributed by atoms with E-state index >= 15 is 0 Å². The number of hydrazone groups is 1. The number of aromatic nitrogens is 1. The van der Waals surface area contributed by atoms with Gasteiger partial charge in [0.2, 0.25) is 0 Å². The van der Waals surface area contributed by atoms with Gasteiger partial charge < -0.3 is 9.40 Å². The number of benzene rings is 1. The van der Waals surface area contributed by atoms with Crippen LogP contribution < -0.4 is 5.43 Å². The molecule has 0 saturated heterocycles. The van der Waals surface area contributed by atoms with Crippen LogP contribution in [0.15, 0.2) is 46.1 Å². The van der Waals surface area contributed by atoms with Gasteiger partial charge in [-0.2, -0.15) is 5.10 Å². The van der Waals surface area contributed by atoms with Crippen molar-refractivity contribution < 1.29 is 4.42 Å². The normalized spacial score (nSPS) is 23.0. The van der Waals surface area contributed by atoms with E-state index in [-0.39, 0.29) is 6.04 Å². The molecule has 4 nitrogen and oxygen atoms in total. The molecule has 0 spiro atoms. The Hall–Kier alpha value is -2.49. The van der Waals surface area contributed by atoms with Crippen LogP contribution in [0.2, 0.25) is 0 Å². The molecule has 3 heterocycles. The van der Waals surface area contributed by atoms with Gasteiger partial charge in [0.05, 0.1) is 17.7 Å². The van der Waals surface area contributed by atoms with Crippen LogP contribution in [0.3, 0.4) is 0 Å². The molecule has 5 rings (SSSR count). The van der Waals surface area contributed by atoms with Gasteiger partial charge in [-0.15, -0.1) is 0 Å². The predicted molar refractivity (Wildman–Crippen MR) is 86.0 cm³/mol.